The third-order valence-corrected chi connectivity index (χ3v) is 3.92. The Balaban J connectivity index is 0.00000192. The number of aliphatic imine (C=N–C) groups is 1. The number of aryl methyl sites for hydroxylation is 2. The molecule has 124 valence electrons. The summed E-state index contributed by atoms with van der Waals surface area (Å²) in [5.74, 6) is 1.42. The van der Waals surface area contributed by atoms with E-state index < -0.39 is 0 Å². The van der Waals surface area contributed by atoms with Gasteiger partial charge in [-0.3, -0.25) is 0 Å². The van der Waals surface area contributed by atoms with Gasteiger partial charge >= 0.3 is 0 Å². The van der Waals surface area contributed by atoms with Crippen LogP contribution in [0.25, 0.3) is 5.82 Å². The fraction of sp³-hybridized carbons (Fsp3) is 0.438. The summed E-state index contributed by atoms with van der Waals surface area (Å²) in [5.41, 5.74) is 9.10. The molecule has 1 fully saturated rings. The highest BCUT2D eigenvalue weighted by molar-refractivity contribution is 14.0. The molecule has 0 aliphatic heterocycles. The van der Waals surface area contributed by atoms with E-state index in [1.165, 1.54) is 12.8 Å². The Morgan fingerprint density at radius 2 is 2.13 bits per heavy atom. The van der Waals surface area contributed by atoms with Gasteiger partial charge in [-0.05, 0) is 44.4 Å². The summed E-state index contributed by atoms with van der Waals surface area (Å²) < 4.78 is 1.84. The summed E-state index contributed by atoms with van der Waals surface area (Å²) in [6.07, 6.45) is 4.26. The molecule has 2 N–H and O–H groups in total. The lowest BCUT2D eigenvalue weighted by Crippen LogP contribution is -2.35. The van der Waals surface area contributed by atoms with Gasteiger partial charge in [0.15, 0.2) is 11.8 Å². The Morgan fingerprint density at radius 1 is 1.39 bits per heavy atom. The van der Waals surface area contributed by atoms with Gasteiger partial charge in [0.25, 0.3) is 0 Å². The van der Waals surface area contributed by atoms with Gasteiger partial charge in [-0.2, -0.15) is 5.10 Å². The largest absolute Gasteiger partial charge is 0.370 e. The fourth-order valence-corrected chi connectivity index (χ4v) is 2.43. The molecule has 2 heterocycles. The second kappa shape index (κ2) is 7.29. The van der Waals surface area contributed by atoms with Crippen LogP contribution in [0.4, 0.5) is 0 Å². The van der Waals surface area contributed by atoms with Crippen molar-refractivity contribution in [3.8, 4) is 5.82 Å². The molecule has 0 bridgehead atoms. The molecule has 1 aliphatic rings. The van der Waals surface area contributed by atoms with Crippen molar-refractivity contribution in [2.45, 2.75) is 39.3 Å². The summed E-state index contributed by atoms with van der Waals surface area (Å²) in [7, 11) is 2.00. The van der Waals surface area contributed by atoms with Crippen molar-refractivity contribution in [3.05, 3.63) is 41.3 Å². The molecule has 0 amide bonds. The molecule has 0 unspecified atom stereocenters. The van der Waals surface area contributed by atoms with E-state index in [0.29, 0.717) is 18.5 Å². The fourth-order valence-electron chi connectivity index (χ4n) is 2.43. The van der Waals surface area contributed by atoms with Gasteiger partial charge in [0.2, 0.25) is 0 Å². The first-order valence-electron chi connectivity index (χ1n) is 7.56. The third kappa shape index (κ3) is 4.21. The molecule has 23 heavy (non-hydrogen) atoms. The summed E-state index contributed by atoms with van der Waals surface area (Å²) in [6.45, 7) is 4.55. The normalized spacial score (nSPS) is 14.5. The van der Waals surface area contributed by atoms with Crippen LogP contribution in [0.3, 0.4) is 0 Å². The number of aromatic nitrogens is 3. The standard InChI is InChI=1S/C16H22N6.HI/c1-11-8-12(2)22(20-11)15-7-4-13(9-18-15)10-19-16(17)21(3)14-5-6-14;/h4,7-9,14H,5-6,10H2,1-3H3,(H2,17,19);1H. The Hall–Kier alpha value is -1.64. The molecule has 1 saturated carbocycles. The molecular formula is C16H23IN6. The molecule has 0 radical (unpaired) electrons. The zero-order valence-corrected chi connectivity index (χ0v) is 16.1. The van der Waals surface area contributed by atoms with E-state index in [9.17, 15) is 0 Å². The molecular weight excluding hydrogens is 403 g/mol. The van der Waals surface area contributed by atoms with E-state index in [-0.39, 0.29) is 24.0 Å². The third-order valence-electron chi connectivity index (χ3n) is 3.92. The molecule has 0 atom stereocenters. The predicted octanol–water partition coefficient (Wildman–Crippen LogP) is 2.41. The Bertz CT molecular complexity index is 687. The minimum absolute atomic E-state index is 0. The molecule has 6 nitrogen and oxygen atoms in total. The van der Waals surface area contributed by atoms with Crippen molar-refractivity contribution in [2.75, 3.05) is 7.05 Å². The maximum Gasteiger partial charge on any atom is 0.191 e. The molecule has 3 rings (SSSR count). The zero-order chi connectivity index (χ0) is 15.7. The number of hydrogen-bond acceptors (Lipinski definition) is 3. The van der Waals surface area contributed by atoms with Crippen molar-refractivity contribution in [3.63, 3.8) is 0 Å². The number of rotatable bonds is 4. The summed E-state index contributed by atoms with van der Waals surface area (Å²) in [5, 5.41) is 4.43. The number of hydrogen-bond donors (Lipinski definition) is 1. The highest BCUT2D eigenvalue weighted by Gasteiger charge is 2.27. The molecule has 2 aromatic rings. The average molecular weight is 426 g/mol. The van der Waals surface area contributed by atoms with Crippen LogP contribution >= 0.6 is 24.0 Å². The zero-order valence-electron chi connectivity index (χ0n) is 13.7. The maximum absolute atomic E-state index is 5.99. The van der Waals surface area contributed by atoms with Crippen LogP contribution in [0.1, 0.15) is 29.8 Å². The van der Waals surface area contributed by atoms with Gasteiger partial charge in [-0.25, -0.2) is 14.7 Å². The number of nitrogens with zero attached hydrogens (tertiary/aromatic N) is 5. The minimum Gasteiger partial charge on any atom is -0.370 e. The van der Waals surface area contributed by atoms with E-state index in [1.807, 2.05) is 50.0 Å². The van der Waals surface area contributed by atoms with E-state index >= 15 is 0 Å². The number of halogens is 1. The highest BCUT2D eigenvalue weighted by Crippen LogP contribution is 2.24. The molecule has 0 spiro atoms. The lowest BCUT2D eigenvalue weighted by molar-refractivity contribution is 0.487. The summed E-state index contributed by atoms with van der Waals surface area (Å²) in [6, 6.07) is 6.60. The van der Waals surface area contributed by atoms with Gasteiger partial charge in [0.05, 0.1) is 12.2 Å². The van der Waals surface area contributed by atoms with E-state index in [2.05, 4.69) is 20.0 Å². The van der Waals surface area contributed by atoms with Crippen molar-refractivity contribution in [1.82, 2.24) is 19.7 Å². The molecule has 2 aromatic heterocycles. The van der Waals surface area contributed by atoms with Crippen LogP contribution in [0.5, 0.6) is 0 Å². The van der Waals surface area contributed by atoms with Gasteiger partial charge in [-0.1, -0.05) is 6.07 Å². The number of nitrogens with two attached hydrogens (primary N) is 1. The predicted molar refractivity (Wildman–Crippen MR) is 102 cm³/mol. The highest BCUT2D eigenvalue weighted by atomic mass is 127. The SMILES string of the molecule is Cc1cc(C)n(-c2ccc(CN=C(N)N(C)C3CC3)cn2)n1.I. The topological polar surface area (TPSA) is 72.3 Å². The first-order valence-corrected chi connectivity index (χ1v) is 7.56. The number of pyridine rings is 1. The smallest absolute Gasteiger partial charge is 0.191 e. The summed E-state index contributed by atoms with van der Waals surface area (Å²) in [4.78, 5) is 11.0. The van der Waals surface area contributed by atoms with Crippen molar-refractivity contribution in [1.29, 1.82) is 0 Å². The quantitative estimate of drug-likeness (QED) is 0.463. The molecule has 7 heteroatoms. The maximum atomic E-state index is 5.99. The Labute approximate surface area is 153 Å². The molecule has 0 saturated heterocycles. The van der Waals surface area contributed by atoms with Crippen molar-refractivity contribution >= 4 is 29.9 Å². The Morgan fingerprint density at radius 3 is 2.65 bits per heavy atom. The van der Waals surface area contributed by atoms with Gasteiger partial charge < -0.3 is 10.6 Å². The van der Waals surface area contributed by atoms with Crippen LogP contribution < -0.4 is 5.73 Å². The van der Waals surface area contributed by atoms with E-state index in [0.717, 1.165) is 22.8 Å². The van der Waals surface area contributed by atoms with Gasteiger partial charge in [-0.15, -0.1) is 24.0 Å². The molecule has 0 aromatic carbocycles. The minimum atomic E-state index is 0. The number of guanidine groups is 1. The van der Waals surface area contributed by atoms with Crippen LogP contribution in [0, 0.1) is 13.8 Å². The van der Waals surface area contributed by atoms with Crippen LogP contribution in [0.2, 0.25) is 0 Å². The van der Waals surface area contributed by atoms with E-state index in [1.54, 1.807) is 0 Å². The second-order valence-corrected chi connectivity index (χ2v) is 5.88. The lowest BCUT2D eigenvalue weighted by atomic mass is 10.3. The second-order valence-electron chi connectivity index (χ2n) is 5.88. The molecule has 1 aliphatic carbocycles. The van der Waals surface area contributed by atoms with Crippen LogP contribution in [0.15, 0.2) is 29.4 Å². The van der Waals surface area contributed by atoms with Gasteiger partial charge in [0, 0.05) is 25.0 Å². The monoisotopic (exact) mass is 426 g/mol. The summed E-state index contributed by atoms with van der Waals surface area (Å²) >= 11 is 0. The first-order chi connectivity index (χ1) is 10.5. The average Bonchev–Trinajstić information content (AvgIpc) is 3.30. The van der Waals surface area contributed by atoms with Gasteiger partial charge in [0.1, 0.15) is 0 Å². The Kier molecular flexibility index (Phi) is 5.61. The first kappa shape index (κ1) is 17.7. The van der Waals surface area contributed by atoms with E-state index in [4.69, 9.17) is 5.73 Å². The van der Waals surface area contributed by atoms with Crippen molar-refractivity contribution < 1.29 is 0 Å². The lowest BCUT2D eigenvalue weighted by Gasteiger charge is -2.16. The van der Waals surface area contributed by atoms with Crippen molar-refractivity contribution in [2.24, 2.45) is 10.7 Å². The van der Waals surface area contributed by atoms with Crippen LogP contribution in [-0.4, -0.2) is 38.7 Å². The van der Waals surface area contributed by atoms with Crippen LogP contribution in [-0.2, 0) is 6.54 Å².